The van der Waals surface area contributed by atoms with Crippen LogP contribution in [0.2, 0.25) is 0 Å². The summed E-state index contributed by atoms with van der Waals surface area (Å²) in [4.78, 5) is 26.3. The van der Waals surface area contributed by atoms with Crippen molar-refractivity contribution in [3.8, 4) is 0 Å². The standard InChI is InChI=1S/C11H12FNO3/c1-16-5-4-9(14)6-11(15)10-3-2-8(12)7-13-10/h2-3,7H,4-6H2,1H3. The first-order valence-electron chi connectivity index (χ1n) is 4.79. The quantitative estimate of drug-likeness (QED) is 0.542. The SMILES string of the molecule is COCCC(=O)CC(=O)c1ccc(F)cn1. The van der Waals surface area contributed by atoms with E-state index in [0.29, 0.717) is 6.61 Å². The van der Waals surface area contributed by atoms with Crippen LogP contribution in [-0.4, -0.2) is 30.3 Å². The Labute approximate surface area is 92.4 Å². The van der Waals surface area contributed by atoms with E-state index in [4.69, 9.17) is 4.74 Å². The van der Waals surface area contributed by atoms with Crippen LogP contribution in [0, 0.1) is 5.82 Å². The molecule has 0 bridgehead atoms. The second kappa shape index (κ2) is 6.07. The van der Waals surface area contributed by atoms with E-state index in [-0.39, 0.29) is 24.3 Å². The minimum absolute atomic E-state index is 0.104. The number of carbonyl (C=O) groups excluding carboxylic acids is 2. The third-order valence-electron chi connectivity index (χ3n) is 1.96. The molecule has 0 aliphatic heterocycles. The number of methoxy groups -OCH3 is 1. The lowest BCUT2D eigenvalue weighted by molar-refractivity contribution is -0.119. The van der Waals surface area contributed by atoms with Gasteiger partial charge in [-0.15, -0.1) is 0 Å². The number of pyridine rings is 1. The van der Waals surface area contributed by atoms with Crippen LogP contribution in [0.25, 0.3) is 0 Å². The summed E-state index contributed by atoms with van der Waals surface area (Å²) in [6, 6.07) is 2.40. The highest BCUT2D eigenvalue weighted by Crippen LogP contribution is 2.03. The summed E-state index contributed by atoms with van der Waals surface area (Å²) in [5.74, 6) is -1.12. The van der Waals surface area contributed by atoms with Crippen LogP contribution in [0.1, 0.15) is 23.3 Å². The minimum Gasteiger partial charge on any atom is -0.384 e. The van der Waals surface area contributed by atoms with Gasteiger partial charge in [0, 0.05) is 13.5 Å². The number of halogens is 1. The molecule has 0 saturated carbocycles. The van der Waals surface area contributed by atoms with Gasteiger partial charge in [-0.25, -0.2) is 4.39 Å². The van der Waals surface area contributed by atoms with Crippen LogP contribution in [0.15, 0.2) is 18.3 Å². The zero-order chi connectivity index (χ0) is 12.0. The maximum absolute atomic E-state index is 12.5. The maximum Gasteiger partial charge on any atom is 0.188 e. The number of carbonyl (C=O) groups is 2. The van der Waals surface area contributed by atoms with Gasteiger partial charge in [-0.1, -0.05) is 0 Å². The summed E-state index contributed by atoms with van der Waals surface area (Å²) in [7, 11) is 1.48. The van der Waals surface area contributed by atoms with Gasteiger partial charge in [0.05, 0.1) is 19.2 Å². The summed E-state index contributed by atoms with van der Waals surface area (Å²) >= 11 is 0. The Bertz CT molecular complexity index is 375. The van der Waals surface area contributed by atoms with Gasteiger partial charge in [0.2, 0.25) is 0 Å². The highest BCUT2D eigenvalue weighted by atomic mass is 19.1. The smallest absolute Gasteiger partial charge is 0.188 e. The van der Waals surface area contributed by atoms with Crippen LogP contribution < -0.4 is 0 Å². The first-order chi connectivity index (χ1) is 7.63. The summed E-state index contributed by atoms with van der Waals surface area (Å²) in [6.07, 6.45) is 0.929. The van der Waals surface area contributed by atoms with Crippen molar-refractivity contribution in [3.63, 3.8) is 0 Å². The van der Waals surface area contributed by atoms with Crippen molar-refractivity contribution in [1.29, 1.82) is 0 Å². The molecule has 0 unspecified atom stereocenters. The van der Waals surface area contributed by atoms with Crippen molar-refractivity contribution in [2.45, 2.75) is 12.8 Å². The molecule has 1 aromatic heterocycles. The maximum atomic E-state index is 12.5. The fourth-order valence-corrected chi connectivity index (χ4v) is 1.11. The second-order valence-electron chi connectivity index (χ2n) is 3.24. The van der Waals surface area contributed by atoms with Gasteiger partial charge in [-0.3, -0.25) is 14.6 Å². The molecule has 5 heteroatoms. The van der Waals surface area contributed by atoms with Crippen LogP contribution in [0.3, 0.4) is 0 Å². The summed E-state index contributed by atoms with van der Waals surface area (Å²) in [5, 5.41) is 0. The van der Waals surface area contributed by atoms with Gasteiger partial charge in [-0.2, -0.15) is 0 Å². The topological polar surface area (TPSA) is 56.3 Å². The van der Waals surface area contributed by atoms with E-state index in [0.717, 1.165) is 12.3 Å². The molecule has 0 fully saturated rings. The third kappa shape index (κ3) is 3.86. The molecule has 4 nitrogen and oxygen atoms in total. The van der Waals surface area contributed by atoms with E-state index in [9.17, 15) is 14.0 Å². The number of rotatable bonds is 6. The number of aromatic nitrogens is 1. The largest absolute Gasteiger partial charge is 0.384 e. The molecular weight excluding hydrogens is 213 g/mol. The van der Waals surface area contributed by atoms with Crippen molar-refractivity contribution in [1.82, 2.24) is 4.98 Å². The number of ketones is 2. The van der Waals surface area contributed by atoms with E-state index in [1.807, 2.05) is 0 Å². The molecule has 0 aliphatic rings. The van der Waals surface area contributed by atoms with Gasteiger partial charge in [0.1, 0.15) is 17.3 Å². The molecule has 0 saturated heterocycles. The molecule has 1 aromatic rings. The van der Waals surface area contributed by atoms with Gasteiger partial charge in [-0.05, 0) is 12.1 Å². The number of nitrogens with zero attached hydrogens (tertiary/aromatic N) is 1. The summed E-state index contributed by atoms with van der Waals surface area (Å²) < 4.78 is 17.2. The Morgan fingerprint density at radius 2 is 2.19 bits per heavy atom. The fourth-order valence-electron chi connectivity index (χ4n) is 1.11. The van der Waals surface area contributed by atoms with E-state index < -0.39 is 11.6 Å². The molecule has 0 aromatic carbocycles. The van der Waals surface area contributed by atoms with Crippen LogP contribution >= 0.6 is 0 Å². The highest BCUT2D eigenvalue weighted by Gasteiger charge is 2.12. The normalized spacial score (nSPS) is 10.1. The average molecular weight is 225 g/mol. The van der Waals surface area contributed by atoms with E-state index in [1.54, 1.807) is 0 Å². The van der Waals surface area contributed by atoms with Gasteiger partial charge in [0.15, 0.2) is 5.78 Å². The minimum atomic E-state index is -0.512. The third-order valence-corrected chi connectivity index (χ3v) is 1.96. The average Bonchev–Trinajstić information content (AvgIpc) is 2.27. The summed E-state index contributed by atoms with van der Waals surface area (Å²) in [5.41, 5.74) is 0.104. The zero-order valence-electron chi connectivity index (χ0n) is 8.90. The van der Waals surface area contributed by atoms with E-state index in [1.165, 1.54) is 13.2 Å². The number of hydrogen-bond donors (Lipinski definition) is 0. The van der Waals surface area contributed by atoms with Crippen molar-refractivity contribution < 1.29 is 18.7 Å². The molecule has 0 amide bonds. The monoisotopic (exact) mass is 225 g/mol. The zero-order valence-corrected chi connectivity index (χ0v) is 8.90. The summed E-state index contributed by atoms with van der Waals surface area (Å²) in [6.45, 7) is 0.295. The molecule has 1 heterocycles. The first-order valence-corrected chi connectivity index (χ1v) is 4.79. The van der Waals surface area contributed by atoms with Crippen molar-refractivity contribution >= 4 is 11.6 Å². The van der Waals surface area contributed by atoms with Crippen LogP contribution in [0.5, 0.6) is 0 Å². The van der Waals surface area contributed by atoms with Crippen molar-refractivity contribution in [2.24, 2.45) is 0 Å². The molecule has 0 spiro atoms. The number of hydrogen-bond acceptors (Lipinski definition) is 4. The van der Waals surface area contributed by atoms with Crippen LogP contribution in [-0.2, 0) is 9.53 Å². The number of ether oxygens (including phenoxy) is 1. The Kier molecular flexibility index (Phi) is 4.72. The van der Waals surface area contributed by atoms with E-state index >= 15 is 0 Å². The van der Waals surface area contributed by atoms with Crippen molar-refractivity contribution in [2.75, 3.05) is 13.7 Å². The lowest BCUT2D eigenvalue weighted by Crippen LogP contribution is -2.11. The Morgan fingerprint density at radius 3 is 2.75 bits per heavy atom. The molecule has 0 atom stereocenters. The lowest BCUT2D eigenvalue weighted by Gasteiger charge is -2.00. The second-order valence-corrected chi connectivity index (χ2v) is 3.24. The molecule has 0 N–H and O–H groups in total. The lowest BCUT2D eigenvalue weighted by atomic mass is 10.1. The van der Waals surface area contributed by atoms with Crippen LogP contribution in [0.4, 0.5) is 4.39 Å². The molecule has 0 radical (unpaired) electrons. The van der Waals surface area contributed by atoms with Gasteiger partial charge < -0.3 is 4.74 Å². The Morgan fingerprint density at radius 1 is 1.44 bits per heavy atom. The highest BCUT2D eigenvalue weighted by molar-refractivity contribution is 6.06. The molecular formula is C11H12FNO3. The predicted molar refractivity (Wildman–Crippen MR) is 54.6 cm³/mol. The molecule has 86 valence electrons. The van der Waals surface area contributed by atoms with Crippen molar-refractivity contribution in [3.05, 3.63) is 29.8 Å². The van der Waals surface area contributed by atoms with Gasteiger partial charge in [0.25, 0.3) is 0 Å². The van der Waals surface area contributed by atoms with Gasteiger partial charge >= 0.3 is 0 Å². The molecule has 0 aliphatic carbocycles. The first kappa shape index (κ1) is 12.4. The predicted octanol–water partition coefficient (Wildman–Crippen LogP) is 1.40. The Hall–Kier alpha value is -1.62. The molecule has 1 rings (SSSR count). The van der Waals surface area contributed by atoms with E-state index in [2.05, 4.69) is 4.98 Å². The number of Topliss-reactive ketones (excluding diaryl/α,β-unsaturated/α-hetero) is 2. The Balaban J connectivity index is 2.52. The molecule has 16 heavy (non-hydrogen) atoms. The fraction of sp³-hybridized carbons (Fsp3) is 0.364.